The molecule has 0 saturated heterocycles. The molecule has 5 rings (SSSR count). The van der Waals surface area contributed by atoms with Gasteiger partial charge in [-0.2, -0.15) is 0 Å². The standard InChI is InChI=1S/C27H25ClN6O3S/c1-15(2)38(29,37)20-11-7-10-18-21(20)27(36)34(17-8-5-4-6-9-17)24(23(18)28)16(3)33-26-22-19(35)12-13-30-25(22)31-14-32-26/h4-16,29H,1-3H3,(H2,30,31,32,33,35)/t16-,38+/m0/s1. The Morgan fingerprint density at radius 3 is 2.45 bits per heavy atom. The van der Waals surface area contributed by atoms with Gasteiger partial charge in [0.25, 0.3) is 5.56 Å². The molecule has 0 aliphatic carbocycles. The lowest BCUT2D eigenvalue weighted by Gasteiger charge is -2.24. The van der Waals surface area contributed by atoms with Crippen molar-refractivity contribution in [1.82, 2.24) is 19.5 Å². The van der Waals surface area contributed by atoms with Crippen molar-refractivity contribution in [1.29, 1.82) is 4.78 Å². The van der Waals surface area contributed by atoms with Crippen molar-refractivity contribution in [3.63, 3.8) is 0 Å². The van der Waals surface area contributed by atoms with E-state index in [1.807, 2.05) is 13.0 Å². The van der Waals surface area contributed by atoms with E-state index in [1.165, 1.54) is 23.2 Å². The highest BCUT2D eigenvalue weighted by atomic mass is 35.5. The summed E-state index contributed by atoms with van der Waals surface area (Å²) in [6.07, 6.45) is 2.85. The zero-order valence-corrected chi connectivity index (χ0v) is 22.4. The molecule has 9 nitrogen and oxygen atoms in total. The van der Waals surface area contributed by atoms with Crippen LogP contribution in [0.1, 0.15) is 32.5 Å². The van der Waals surface area contributed by atoms with Crippen LogP contribution in [0.4, 0.5) is 5.82 Å². The van der Waals surface area contributed by atoms with Gasteiger partial charge in [-0.25, -0.2) is 19.0 Å². The number of H-pyrrole nitrogens is 1. The first-order valence-electron chi connectivity index (χ1n) is 11.9. The van der Waals surface area contributed by atoms with Crippen LogP contribution in [0.25, 0.3) is 27.5 Å². The number of halogens is 1. The van der Waals surface area contributed by atoms with Crippen molar-refractivity contribution in [2.75, 3.05) is 5.32 Å². The minimum Gasteiger partial charge on any atom is -0.361 e. The fourth-order valence-corrected chi connectivity index (χ4v) is 6.20. The third-order valence-electron chi connectivity index (χ3n) is 6.46. The van der Waals surface area contributed by atoms with Gasteiger partial charge in [0.05, 0.1) is 36.8 Å². The molecule has 3 heterocycles. The topological polar surface area (TPSA) is 134 Å². The number of rotatable bonds is 6. The minimum atomic E-state index is -3.30. The number of hydrogen-bond acceptors (Lipinski definition) is 7. The SMILES string of the molecule is CC(C)[S@@](=N)(=O)c1cccc2c(Cl)c([C@H](C)Nc3ncnc4[nH]ccc(=O)c34)n(-c3ccccc3)c(=O)c12. The van der Waals surface area contributed by atoms with Gasteiger partial charge in [-0.3, -0.25) is 14.2 Å². The Morgan fingerprint density at radius 1 is 1.00 bits per heavy atom. The number of nitrogens with zero attached hydrogens (tertiary/aromatic N) is 3. The van der Waals surface area contributed by atoms with Crippen LogP contribution in [0.5, 0.6) is 0 Å². The van der Waals surface area contributed by atoms with Gasteiger partial charge in [-0.15, -0.1) is 0 Å². The normalized spacial score (nSPS) is 14.0. The summed E-state index contributed by atoms with van der Waals surface area (Å²) in [5.41, 5.74) is 0.637. The van der Waals surface area contributed by atoms with E-state index < -0.39 is 26.6 Å². The second kappa shape index (κ2) is 9.70. The number of benzene rings is 2. The summed E-state index contributed by atoms with van der Waals surface area (Å²) < 4.78 is 23.5. The van der Waals surface area contributed by atoms with E-state index in [0.29, 0.717) is 22.4 Å². The van der Waals surface area contributed by atoms with Crippen molar-refractivity contribution in [3.05, 3.63) is 98.4 Å². The molecular weight excluding hydrogens is 524 g/mol. The van der Waals surface area contributed by atoms with E-state index in [-0.39, 0.29) is 31.9 Å². The molecule has 0 unspecified atom stereocenters. The summed E-state index contributed by atoms with van der Waals surface area (Å²) in [6.45, 7) is 5.20. The predicted molar refractivity (Wildman–Crippen MR) is 151 cm³/mol. The number of pyridine rings is 2. The lowest BCUT2D eigenvalue weighted by atomic mass is 10.1. The summed E-state index contributed by atoms with van der Waals surface area (Å²) in [4.78, 5) is 38.3. The average Bonchev–Trinajstić information content (AvgIpc) is 2.90. The molecule has 0 saturated carbocycles. The highest BCUT2D eigenvalue weighted by molar-refractivity contribution is 7.93. The largest absolute Gasteiger partial charge is 0.361 e. The van der Waals surface area contributed by atoms with Gasteiger partial charge in [-0.1, -0.05) is 41.9 Å². The Morgan fingerprint density at radius 2 is 1.74 bits per heavy atom. The molecule has 194 valence electrons. The van der Waals surface area contributed by atoms with Crippen LogP contribution < -0.4 is 16.3 Å². The number of nitrogens with one attached hydrogen (secondary N) is 3. The number of aromatic amines is 1. The number of anilines is 1. The first-order valence-corrected chi connectivity index (χ1v) is 13.9. The molecule has 5 aromatic rings. The molecule has 0 spiro atoms. The molecule has 0 amide bonds. The Labute approximate surface area is 223 Å². The molecule has 0 aliphatic heterocycles. The summed E-state index contributed by atoms with van der Waals surface area (Å²) in [7, 11) is -3.30. The maximum absolute atomic E-state index is 14.2. The second-order valence-electron chi connectivity index (χ2n) is 9.16. The Bertz CT molecular complexity index is 1910. The fraction of sp³-hybridized carbons (Fsp3) is 0.185. The third kappa shape index (κ3) is 4.15. The van der Waals surface area contributed by atoms with Crippen LogP contribution >= 0.6 is 11.6 Å². The number of fused-ring (bicyclic) bond motifs is 2. The average molecular weight is 549 g/mol. The zero-order chi connectivity index (χ0) is 27.2. The Balaban J connectivity index is 1.82. The highest BCUT2D eigenvalue weighted by Gasteiger charge is 2.27. The van der Waals surface area contributed by atoms with E-state index in [9.17, 15) is 13.8 Å². The summed E-state index contributed by atoms with van der Waals surface area (Å²) >= 11 is 7.03. The maximum Gasteiger partial charge on any atom is 0.264 e. The van der Waals surface area contributed by atoms with E-state index in [1.54, 1.807) is 56.3 Å². The zero-order valence-electron chi connectivity index (χ0n) is 20.9. The van der Waals surface area contributed by atoms with Crippen LogP contribution in [0, 0.1) is 4.78 Å². The Hall–Kier alpha value is -4.02. The van der Waals surface area contributed by atoms with E-state index >= 15 is 0 Å². The van der Waals surface area contributed by atoms with E-state index in [4.69, 9.17) is 16.4 Å². The Kier molecular flexibility index (Phi) is 6.54. The van der Waals surface area contributed by atoms with Crippen molar-refractivity contribution in [2.24, 2.45) is 0 Å². The third-order valence-corrected chi connectivity index (χ3v) is 9.18. The van der Waals surface area contributed by atoms with Crippen LogP contribution in [-0.2, 0) is 9.73 Å². The van der Waals surface area contributed by atoms with E-state index in [2.05, 4.69) is 20.3 Å². The van der Waals surface area contributed by atoms with Gasteiger partial charge >= 0.3 is 0 Å². The molecule has 0 aliphatic rings. The predicted octanol–water partition coefficient (Wildman–Crippen LogP) is 5.26. The van der Waals surface area contributed by atoms with Gasteiger partial charge in [0, 0.05) is 28.6 Å². The molecule has 3 aromatic heterocycles. The van der Waals surface area contributed by atoms with Crippen LogP contribution in [-0.4, -0.2) is 29.0 Å². The number of aromatic nitrogens is 4. The molecule has 0 bridgehead atoms. The van der Waals surface area contributed by atoms with Crippen molar-refractivity contribution in [3.8, 4) is 5.69 Å². The quantitative estimate of drug-likeness (QED) is 0.265. The fourth-order valence-electron chi connectivity index (χ4n) is 4.51. The molecular formula is C27H25ClN6O3S. The molecule has 11 heteroatoms. The highest BCUT2D eigenvalue weighted by Crippen LogP contribution is 2.35. The first kappa shape index (κ1) is 25.6. The molecule has 38 heavy (non-hydrogen) atoms. The van der Waals surface area contributed by atoms with Crippen molar-refractivity contribution in [2.45, 2.75) is 37.0 Å². The van der Waals surface area contributed by atoms with Crippen LogP contribution in [0.2, 0.25) is 5.02 Å². The monoisotopic (exact) mass is 548 g/mol. The maximum atomic E-state index is 14.2. The molecule has 2 aromatic carbocycles. The number of hydrogen-bond donors (Lipinski definition) is 3. The van der Waals surface area contributed by atoms with Crippen molar-refractivity contribution < 1.29 is 4.21 Å². The molecule has 3 N–H and O–H groups in total. The van der Waals surface area contributed by atoms with Crippen LogP contribution in [0.3, 0.4) is 0 Å². The molecule has 0 fully saturated rings. The van der Waals surface area contributed by atoms with Gasteiger partial charge in [0.2, 0.25) is 0 Å². The molecule has 2 atom stereocenters. The summed E-state index contributed by atoms with van der Waals surface area (Å²) in [6, 6.07) is 14.7. The minimum absolute atomic E-state index is 0.148. The lowest BCUT2D eigenvalue weighted by Crippen LogP contribution is -2.28. The first-order chi connectivity index (χ1) is 18.1. The van der Waals surface area contributed by atoms with Gasteiger partial charge < -0.3 is 10.3 Å². The van der Waals surface area contributed by atoms with E-state index in [0.717, 1.165) is 0 Å². The summed E-state index contributed by atoms with van der Waals surface area (Å²) in [5.74, 6) is 0.287. The van der Waals surface area contributed by atoms with Crippen LogP contribution in [0.15, 0.2) is 81.6 Å². The molecule has 0 radical (unpaired) electrons. The summed E-state index contributed by atoms with van der Waals surface area (Å²) in [5, 5.41) is 3.81. The lowest BCUT2D eigenvalue weighted by molar-refractivity contribution is 0.668. The van der Waals surface area contributed by atoms with Gasteiger partial charge in [0.15, 0.2) is 5.43 Å². The second-order valence-corrected chi connectivity index (χ2v) is 12.1. The van der Waals surface area contributed by atoms with Crippen molar-refractivity contribution >= 4 is 49.0 Å². The van der Waals surface area contributed by atoms with Gasteiger partial charge in [0.1, 0.15) is 23.2 Å². The smallest absolute Gasteiger partial charge is 0.264 e. The number of para-hydroxylation sites is 1. The van der Waals surface area contributed by atoms with Gasteiger partial charge in [-0.05, 0) is 39.0 Å².